The highest BCUT2D eigenvalue weighted by molar-refractivity contribution is 5.74. The first kappa shape index (κ1) is 21.6. The zero-order chi connectivity index (χ0) is 20.9. The standard InChI is InChI=1S/C15H20N4O2.C2HF3O2/c1-2-8-18-9-3-12-13(18)14(20)19(11-17-12)10-15(21)4-6-16-7-5-15;3-2(4,5)1(6)7/h2-3,9,11,16,21H,1,4-8,10H2;(H,6,7). The number of aliphatic carboxylic acids is 1. The fraction of sp³-hybridized carbons (Fsp3) is 0.471. The summed E-state index contributed by atoms with van der Waals surface area (Å²) in [5, 5.41) is 20.9. The fourth-order valence-electron chi connectivity index (χ4n) is 2.89. The topological polar surface area (TPSA) is 109 Å². The van der Waals surface area contributed by atoms with Crippen LogP contribution in [0.2, 0.25) is 0 Å². The number of alkyl halides is 3. The summed E-state index contributed by atoms with van der Waals surface area (Å²) >= 11 is 0. The van der Waals surface area contributed by atoms with Crippen LogP contribution in [0.1, 0.15) is 12.8 Å². The first-order valence-corrected chi connectivity index (χ1v) is 8.46. The Balaban J connectivity index is 0.000000345. The van der Waals surface area contributed by atoms with Gasteiger partial charge >= 0.3 is 12.1 Å². The van der Waals surface area contributed by atoms with Crippen molar-refractivity contribution in [2.24, 2.45) is 0 Å². The number of piperidine rings is 1. The molecule has 0 spiro atoms. The van der Waals surface area contributed by atoms with Crippen LogP contribution < -0.4 is 10.9 Å². The number of carbonyl (C=O) groups is 1. The third-order valence-corrected chi connectivity index (χ3v) is 4.31. The van der Waals surface area contributed by atoms with Crippen LogP contribution in [0.15, 0.2) is 36.0 Å². The van der Waals surface area contributed by atoms with Gasteiger partial charge in [0, 0.05) is 12.7 Å². The van der Waals surface area contributed by atoms with Gasteiger partial charge in [0.25, 0.3) is 5.56 Å². The number of carboxylic acid groups (broad SMARTS) is 1. The molecule has 1 fully saturated rings. The predicted molar refractivity (Wildman–Crippen MR) is 94.9 cm³/mol. The zero-order valence-corrected chi connectivity index (χ0v) is 14.9. The van der Waals surface area contributed by atoms with Crippen LogP contribution in [-0.4, -0.2) is 55.2 Å². The Morgan fingerprint density at radius 3 is 2.50 bits per heavy atom. The summed E-state index contributed by atoms with van der Waals surface area (Å²) < 4.78 is 35.1. The van der Waals surface area contributed by atoms with Crippen LogP contribution in [0, 0.1) is 0 Å². The molecule has 0 amide bonds. The normalized spacial score (nSPS) is 16.3. The van der Waals surface area contributed by atoms with Crippen molar-refractivity contribution in [1.29, 1.82) is 0 Å². The van der Waals surface area contributed by atoms with E-state index in [9.17, 15) is 23.1 Å². The van der Waals surface area contributed by atoms with Gasteiger partial charge < -0.3 is 20.1 Å². The van der Waals surface area contributed by atoms with Gasteiger partial charge in [0.1, 0.15) is 5.52 Å². The molecule has 1 saturated heterocycles. The van der Waals surface area contributed by atoms with E-state index in [0.717, 1.165) is 13.1 Å². The summed E-state index contributed by atoms with van der Waals surface area (Å²) in [4.78, 5) is 25.9. The molecule has 1 aliphatic rings. The number of hydrogen-bond acceptors (Lipinski definition) is 5. The quantitative estimate of drug-likeness (QED) is 0.662. The van der Waals surface area contributed by atoms with Crippen molar-refractivity contribution in [2.45, 2.75) is 37.7 Å². The molecule has 28 heavy (non-hydrogen) atoms. The molecule has 8 nitrogen and oxygen atoms in total. The van der Waals surface area contributed by atoms with E-state index in [-0.39, 0.29) is 12.1 Å². The molecule has 0 atom stereocenters. The maximum absolute atomic E-state index is 12.6. The van der Waals surface area contributed by atoms with Gasteiger partial charge in [-0.05, 0) is 32.0 Å². The van der Waals surface area contributed by atoms with Gasteiger partial charge in [0.05, 0.1) is 24.0 Å². The Labute approximate surface area is 157 Å². The Morgan fingerprint density at radius 2 is 1.96 bits per heavy atom. The van der Waals surface area contributed by atoms with Gasteiger partial charge in [0.2, 0.25) is 0 Å². The van der Waals surface area contributed by atoms with E-state index in [1.54, 1.807) is 6.08 Å². The van der Waals surface area contributed by atoms with Crippen molar-refractivity contribution in [3.8, 4) is 0 Å². The van der Waals surface area contributed by atoms with E-state index in [2.05, 4.69) is 16.9 Å². The first-order chi connectivity index (χ1) is 13.1. The third-order valence-electron chi connectivity index (χ3n) is 4.31. The lowest BCUT2D eigenvalue weighted by atomic mass is 9.92. The van der Waals surface area contributed by atoms with Gasteiger partial charge in [-0.15, -0.1) is 6.58 Å². The minimum Gasteiger partial charge on any atom is -0.475 e. The second kappa shape index (κ2) is 8.57. The van der Waals surface area contributed by atoms with Crippen LogP contribution in [0.5, 0.6) is 0 Å². The smallest absolute Gasteiger partial charge is 0.475 e. The van der Waals surface area contributed by atoms with Crippen molar-refractivity contribution in [3.05, 3.63) is 41.6 Å². The van der Waals surface area contributed by atoms with Crippen molar-refractivity contribution < 1.29 is 28.2 Å². The molecule has 0 saturated carbocycles. The Hall–Kier alpha value is -2.66. The molecule has 154 valence electrons. The zero-order valence-electron chi connectivity index (χ0n) is 14.9. The second-order valence-electron chi connectivity index (χ2n) is 6.45. The molecule has 3 N–H and O–H groups in total. The van der Waals surface area contributed by atoms with Crippen molar-refractivity contribution in [2.75, 3.05) is 13.1 Å². The number of halogens is 3. The largest absolute Gasteiger partial charge is 0.490 e. The molecule has 0 aromatic carbocycles. The van der Waals surface area contributed by atoms with Crippen LogP contribution in [0.25, 0.3) is 11.0 Å². The van der Waals surface area contributed by atoms with Gasteiger partial charge in [-0.25, -0.2) is 9.78 Å². The highest BCUT2D eigenvalue weighted by atomic mass is 19.4. The van der Waals surface area contributed by atoms with Gasteiger partial charge in [-0.2, -0.15) is 13.2 Å². The van der Waals surface area contributed by atoms with Gasteiger partial charge in [-0.1, -0.05) is 6.08 Å². The lowest BCUT2D eigenvalue weighted by Gasteiger charge is -2.32. The van der Waals surface area contributed by atoms with Crippen LogP contribution in [0.4, 0.5) is 13.2 Å². The summed E-state index contributed by atoms with van der Waals surface area (Å²) in [7, 11) is 0. The molecule has 0 bridgehead atoms. The van der Waals surface area contributed by atoms with Crippen LogP contribution in [-0.2, 0) is 17.9 Å². The van der Waals surface area contributed by atoms with E-state index < -0.39 is 17.7 Å². The third kappa shape index (κ3) is 5.20. The Kier molecular flexibility index (Phi) is 6.62. The second-order valence-corrected chi connectivity index (χ2v) is 6.45. The molecule has 11 heteroatoms. The molecule has 0 aliphatic carbocycles. The summed E-state index contributed by atoms with van der Waals surface area (Å²) in [6.45, 7) is 6.10. The van der Waals surface area contributed by atoms with E-state index in [1.165, 1.54) is 10.9 Å². The average Bonchev–Trinajstić information content (AvgIpc) is 3.02. The number of aliphatic hydroxyl groups is 1. The number of allylic oxidation sites excluding steroid dienone is 1. The Morgan fingerprint density at radius 1 is 1.36 bits per heavy atom. The molecular formula is C17H21F3N4O4. The SMILES string of the molecule is C=CCn1ccc2ncn(CC3(O)CCNCC3)c(=O)c21.O=C(O)C(F)(F)F. The van der Waals surface area contributed by atoms with E-state index in [1.807, 2.05) is 16.8 Å². The summed E-state index contributed by atoms with van der Waals surface area (Å²) in [6.07, 6.45) is 1.32. The van der Waals surface area contributed by atoms with Crippen molar-refractivity contribution >= 4 is 17.0 Å². The molecule has 3 rings (SSSR count). The lowest BCUT2D eigenvalue weighted by Crippen LogP contribution is -2.46. The minimum absolute atomic E-state index is 0.112. The summed E-state index contributed by atoms with van der Waals surface area (Å²) in [5.41, 5.74) is 0.296. The first-order valence-electron chi connectivity index (χ1n) is 8.46. The number of rotatable bonds is 4. The van der Waals surface area contributed by atoms with Crippen LogP contribution >= 0.6 is 0 Å². The molecule has 0 radical (unpaired) electrons. The molecule has 2 aromatic rings. The highest BCUT2D eigenvalue weighted by Crippen LogP contribution is 2.20. The highest BCUT2D eigenvalue weighted by Gasteiger charge is 2.38. The van der Waals surface area contributed by atoms with E-state index in [4.69, 9.17) is 9.90 Å². The van der Waals surface area contributed by atoms with E-state index >= 15 is 0 Å². The summed E-state index contributed by atoms with van der Waals surface area (Å²) in [5.74, 6) is -2.76. The maximum Gasteiger partial charge on any atom is 0.490 e. The molecule has 2 aromatic heterocycles. The number of hydrogen-bond donors (Lipinski definition) is 3. The predicted octanol–water partition coefficient (Wildman–Crippen LogP) is 1.13. The summed E-state index contributed by atoms with van der Waals surface area (Å²) in [6, 6.07) is 1.82. The number of aromatic nitrogens is 3. The number of fused-ring (bicyclic) bond motifs is 1. The molecular weight excluding hydrogens is 381 g/mol. The monoisotopic (exact) mass is 402 g/mol. The average molecular weight is 402 g/mol. The minimum atomic E-state index is -5.08. The maximum atomic E-state index is 12.6. The Bertz CT molecular complexity index is 898. The fourth-order valence-corrected chi connectivity index (χ4v) is 2.89. The van der Waals surface area contributed by atoms with Crippen molar-refractivity contribution in [3.63, 3.8) is 0 Å². The van der Waals surface area contributed by atoms with Crippen molar-refractivity contribution in [1.82, 2.24) is 19.4 Å². The number of nitrogens with zero attached hydrogens (tertiary/aromatic N) is 3. The number of nitrogens with one attached hydrogen (secondary N) is 1. The molecule has 1 aliphatic heterocycles. The van der Waals surface area contributed by atoms with Gasteiger partial charge in [0.15, 0.2) is 0 Å². The van der Waals surface area contributed by atoms with Crippen LogP contribution in [0.3, 0.4) is 0 Å². The molecule has 3 heterocycles. The lowest BCUT2D eigenvalue weighted by molar-refractivity contribution is -0.192. The number of carboxylic acids is 1. The van der Waals surface area contributed by atoms with Gasteiger partial charge in [-0.3, -0.25) is 9.36 Å². The van der Waals surface area contributed by atoms with E-state index in [0.29, 0.717) is 30.4 Å². The molecule has 0 unspecified atom stereocenters.